The topological polar surface area (TPSA) is 50.8 Å². The van der Waals surface area contributed by atoms with Crippen molar-refractivity contribution in [3.8, 4) is 0 Å². The molecule has 1 aliphatic carbocycles. The molecule has 0 atom stereocenters. The molecule has 0 aromatic heterocycles. The summed E-state index contributed by atoms with van der Waals surface area (Å²) in [7, 11) is 1.99. The van der Waals surface area contributed by atoms with Gasteiger partial charge < -0.3 is 14.4 Å². The number of nitrogens with zero attached hydrogens (tertiary/aromatic N) is 1. The molecule has 0 unspecified atom stereocenters. The molecule has 4 aliphatic rings. The molecule has 0 aromatic rings. The average Bonchev–Trinajstić information content (AvgIpc) is 2.93. The molecule has 0 bridgehead atoms. The number of ether oxygens (including phenoxy) is 2. The molecule has 3 spiro atoms. The van der Waals surface area contributed by atoms with Crippen LogP contribution in [0, 0.1) is 5.41 Å². The van der Waals surface area contributed by atoms with Gasteiger partial charge in [0.1, 0.15) is 5.54 Å². The lowest BCUT2D eigenvalue weighted by Gasteiger charge is -2.46. The largest absolute Gasteiger partial charge is 0.381 e. The highest BCUT2D eigenvalue weighted by Gasteiger charge is 2.60. The maximum absolute atomic E-state index is 13.0. The first-order valence-corrected chi connectivity index (χ1v) is 9.10. The molecule has 1 N–H and O–H groups in total. The lowest BCUT2D eigenvalue weighted by Crippen LogP contribution is -2.58. The third-order valence-electron chi connectivity index (χ3n) is 6.88. The Balaban J connectivity index is 1.51. The number of hydrogen-bond donors (Lipinski definition) is 1. The van der Waals surface area contributed by atoms with Crippen molar-refractivity contribution in [3.05, 3.63) is 0 Å². The molecule has 23 heavy (non-hydrogen) atoms. The summed E-state index contributed by atoms with van der Waals surface area (Å²) in [5.41, 5.74) is -0.182. The predicted octanol–water partition coefficient (Wildman–Crippen LogP) is 2.05. The van der Waals surface area contributed by atoms with Crippen LogP contribution in [0.1, 0.15) is 58.8 Å². The Hall–Kier alpha value is -0.650. The van der Waals surface area contributed by atoms with Gasteiger partial charge in [0.25, 0.3) is 0 Å². The number of likely N-dealkylation sites (N-methyl/N-ethyl adjacent to an activating group) is 1. The quantitative estimate of drug-likeness (QED) is 0.742. The molecule has 130 valence electrons. The van der Waals surface area contributed by atoms with Gasteiger partial charge in [-0.2, -0.15) is 0 Å². The van der Waals surface area contributed by atoms with E-state index in [4.69, 9.17) is 9.47 Å². The zero-order chi connectivity index (χ0) is 16.3. The number of hydrogen-bond acceptors (Lipinski definition) is 4. The molecule has 0 aromatic carbocycles. The van der Waals surface area contributed by atoms with Gasteiger partial charge in [-0.05, 0) is 64.2 Å². The Labute approximate surface area is 139 Å². The number of amides is 1. The summed E-state index contributed by atoms with van der Waals surface area (Å²) in [6.45, 7) is 6.66. The molecule has 3 heterocycles. The van der Waals surface area contributed by atoms with Crippen LogP contribution in [0.4, 0.5) is 0 Å². The SMILES string of the molecule is CN1C(=O)C2(CCOCC2)NC12CCC1(CC2)COC(C)(C)C1. The Kier molecular flexibility index (Phi) is 3.40. The highest BCUT2D eigenvalue weighted by Crippen LogP contribution is 2.53. The van der Waals surface area contributed by atoms with Gasteiger partial charge in [-0.25, -0.2) is 0 Å². The van der Waals surface area contributed by atoms with Crippen molar-refractivity contribution in [1.82, 2.24) is 10.2 Å². The second kappa shape index (κ2) is 4.93. The highest BCUT2D eigenvalue weighted by molar-refractivity contribution is 5.89. The van der Waals surface area contributed by atoms with Gasteiger partial charge in [0.2, 0.25) is 5.91 Å². The van der Waals surface area contributed by atoms with Crippen LogP contribution in [0.2, 0.25) is 0 Å². The fraction of sp³-hybridized carbons (Fsp3) is 0.944. The molecule has 4 rings (SSSR count). The van der Waals surface area contributed by atoms with E-state index in [0.29, 0.717) is 18.6 Å². The third kappa shape index (κ3) is 2.35. The minimum absolute atomic E-state index is 0.0112. The summed E-state index contributed by atoms with van der Waals surface area (Å²) in [6, 6.07) is 0. The molecule has 3 saturated heterocycles. The molecular formula is C18H30N2O3. The van der Waals surface area contributed by atoms with E-state index >= 15 is 0 Å². The summed E-state index contributed by atoms with van der Waals surface area (Å²) in [5, 5.41) is 3.80. The lowest BCUT2D eigenvalue weighted by atomic mass is 9.67. The fourth-order valence-electron chi connectivity index (χ4n) is 5.49. The van der Waals surface area contributed by atoms with E-state index in [9.17, 15) is 4.79 Å². The first kappa shape index (κ1) is 15.9. The van der Waals surface area contributed by atoms with Crippen molar-refractivity contribution < 1.29 is 14.3 Å². The van der Waals surface area contributed by atoms with E-state index in [0.717, 1.165) is 51.6 Å². The molecule has 1 amide bonds. The van der Waals surface area contributed by atoms with Gasteiger partial charge in [0.05, 0.1) is 17.9 Å². The van der Waals surface area contributed by atoms with Gasteiger partial charge in [0.15, 0.2) is 0 Å². The first-order chi connectivity index (χ1) is 10.8. The summed E-state index contributed by atoms with van der Waals surface area (Å²) in [5.74, 6) is 0.278. The van der Waals surface area contributed by atoms with E-state index < -0.39 is 0 Å². The van der Waals surface area contributed by atoms with Crippen LogP contribution >= 0.6 is 0 Å². The van der Waals surface area contributed by atoms with Gasteiger partial charge in [-0.15, -0.1) is 0 Å². The van der Waals surface area contributed by atoms with Crippen molar-refractivity contribution >= 4 is 5.91 Å². The average molecular weight is 322 g/mol. The minimum atomic E-state index is -0.372. The van der Waals surface area contributed by atoms with E-state index in [1.165, 1.54) is 0 Å². The summed E-state index contributed by atoms with van der Waals surface area (Å²) in [6.07, 6.45) is 7.13. The number of rotatable bonds is 0. The van der Waals surface area contributed by atoms with Crippen LogP contribution in [-0.4, -0.2) is 54.5 Å². The van der Waals surface area contributed by atoms with Gasteiger partial charge in [-0.3, -0.25) is 10.1 Å². The Morgan fingerprint density at radius 2 is 1.70 bits per heavy atom. The molecular weight excluding hydrogens is 292 g/mol. The minimum Gasteiger partial charge on any atom is -0.381 e. The maximum atomic E-state index is 13.0. The van der Waals surface area contributed by atoms with Crippen molar-refractivity contribution in [3.63, 3.8) is 0 Å². The van der Waals surface area contributed by atoms with Gasteiger partial charge in [-0.1, -0.05) is 0 Å². The summed E-state index contributed by atoms with van der Waals surface area (Å²) in [4.78, 5) is 15.0. The number of carbonyl (C=O) groups is 1. The van der Waals surface area contributed by atoms with Gasteiger partial charge in [0, 0.05) is 20.3 Å². The lowest BCUT2D eigenvalue weighted by molar-refractivity contribution is -0.136. The van der Waals surface area contributed by atoms with Crippen molar-refractivity contribution in [2.45, 2.75) is 75.6 Å². The molecule has 3 aliphatic heterocycles. The van der Waals surface area contributed by atoms with Gasteiger partial charge >= 0.3 is 0 Å². The molecule has 1 saturated carbocycles. The Morgan fingerprint density at radius 1 is 1.04 bits per heavy atom. The standard InChI is InChI=1S/C18H30N2O3/c1-15(2)12-16(13-23-15)4-6-18(7-5-16)19-17(14(21)20(18)3)8-10-22-11-9-17/h19H,4-13H2,1-3H3. The normalized spacial score (nSPS) is 42.2. The van der Waals surface area contributed by atoms with Crippen LogP contribution in [0.3, 0.4) is 0 Å². The van der Waals surface area contributed by atoms with Crippen molar-refractivity contribution in [1.29, 1.82) is 0 Å². The zero-order valence-corrected chi connectivity index (χ0v) is 14.7. The third-order valence-corrected chi connectivity index (χ3v) is 6.88. The Bertz CT molecular complexity index is 502. The monoisotopic (exact) mass is 322 g/mol. The van der Waals surface area contributed by atoms with E-state index in [1.54, 1.807) is 0 Å². The van der Waals surface area contributed by atoms with Crippen LogP contribution < -0.4 is 5.32 Å². The van der Waals surface area contributed by atoms with Crippen molar-refractivity contribution in [2.24, 2.45) is 5.41 Å². The molecule has 5 heteroatoms. The molecule has 4 fully saturated rings. The smallest absolute Gasteiger partial charge is 0.244 e. The van der Waals surface area contributed by atoms with Crippen LogP contribution in [0.5, 0.6) is 0 Å². The number of carbonyl (C=O) groups excluding carboxylic acids is 1. The maximum Gasteiger partial charge on any atom is 0.244 e. The second-order valence-electron chi connectivity index (χ2n) is 8.94. The van der Waals surface area contributed by atoms with Crippen molar-refractivity contribution in [2.75, 3.05) is 26.9 Å². The molecule has 0 radical (unpaired) electrons. The Morgan fingerprint density at radius 3 is 2.26 bits per heavy atom. The van der Waals surface area contributed by atoms with E-state index in [2.05, 4.69) is 19.2 Å². The van der Waals surface area contributed by atoms with E-state index in [-0.39, 0.29) is 22.7 Å². The van der Waals surface area contributed by atoms with Crippen LogP contribution in [-0.2, 0) is 14.3 Å². The zero-order valence-electron chi connectivity index (χ0n) is 14.7. The first-order valence-electron chi connectivity index (χ1n) is 9.10. The van der Waals surface area contributed by atoms with Crippen LogP contribution in [0.25, 0.3) is 0 Å². The predicted molar refractivity (Wildman–Crippen MR) is 87.0 cm³/mol. The number of nitrogens with one attached hydrogen (secondary N) is 1. The van der Waals surface area contributed by atoms with Crippen LogP contribution in [0.15, 0.2) is 0 Å². The summed E-state index contributed by atoms with van der Waals surface area (Å²) >= 11 is 0. The summed E-state index contributed by atoms with van der Waals surface area (Å²) < 4.78 is 11.5. The molecule has 5 nitrogen and oxygen atoms in total. The fourth-order valence-corrected chi connectivity index (χ4v) is 5.49. The second-order valence-corrected chi connectivity index (χ2v) is 8.94. The van der Waals surface area contributed by atoms with E-state index in [1.807, 2.05) is 11.9 Å². The highest BCUT2D eigenvalue weighted by atomic mass is 16.5.